The molecule has 2 amide bonds. The fraction of sp³-hybridized carbons (Fsp3) is 0.250. The normalized spacial score (nSPS) is 12.2. The number of aliphatic hydroxyl groups excluding tert-OH is 1. The number of carbonyl (C=O) groups excluding carboxylic acids is 2. The van der Waals surface area contributed by atoms with Gasteiger partial charge in [0.2, 0.25) is 0 Å². The van der Waals surface area contributed by atoms with E-state index < -0.39 is 12.1 Å². The van der Waals surface area contributed by atoms with Crippen molar-refractivity contribution in [2.45, 2.75) is 19.4 Å². The molecule has 2 aromatic rings. The standard InChI is InChI=1S/C20H23ClN4O4/c1-13(27)15-4-2-14(3-5-15)12-18(19(22)25-29-11-10-26)24-20(28)23-17-8-6-16(21)7-9-17/h2-9,18,26H,10-12H2,1H3,(H2,22,25)(H2,23,24,28)/t18-/m0/s1. The van der Waals surface area contributed by atoms with Gasteiger partial charge in [-0.05, 0) is 36.8 Å². The van der Waals surface area contributed by atoms with Crippen LogP contribution in [0, 0.1) is 0 Å². The van der Waals surface area contributed by atoms with E-state index in [2.05, 4.69) is 15.8 Å². The average molecular weight is 419 g/mol. The Morgan fingerprint density at radius 3 is 2.41 bits per heavy atom. The number of oxime groups is 1. The Morgan fingerprint density at radius 1 is 1.17 bits per heavy atom. The molecule has 0 heterocycles. The highest BCUT2D eigenvalue weighted by molar-refractivity contribution is 6.30. The maximum absolute atomic E-state index is 12.4. The van der Waals surface area contributed by atoms with Crippen molar-refractivity contribution in [3.05, 3.63) is 64.7 Å². The third-order valence-electron chi connectivity index (χ3n) is 3.92. The summed E-state index contributed by atoms with van der Waals surface area (Å²) in [5.41, 5.74) is 7.96. The van der Waals surface area contributed by atoms with E-state index in [0.717, 1.165) is 5.56 Å². The van der Waals surface area contributed by atoms with Crippen LogP contribution in [0.15, 0.2) is 53.7 Å². The lowest BCUT2D eigenvalue weighted by atomic mass is 10.0. The van der Waals surface area contributed by atoms with Crippen molar-refractivity contribution in [2.24, 2.45) is 10.9 Å². The number of benzene rings is 2. The number of halogens is 1. The van der Waals surface area contributed by atoms with Crippen LogP contribution in [0.2, 0.25) is 5.02 Å². The van der Waals surface area contributed by atoms with E-state index in [-0.39, 0.29) is 24.8 Å². The fourth-order valence-electron chi connectivity index (χ4n) is 2.42. The summed E-state index contributed by atoms with van der Waals surface area (Å²) in [6, 6.07) is 12.5. The second-order valence-corrected chi connectivity index (χ2v) is 6.62. The molecule has 1 atom stereocenters. The van der Waals surface area contributed by atoms with Gasteiger partial charge in [0, 0.05) is 22.7 Å². The van der Waals surface area contributed by atoms with Crippen molar-refractivity contribution in [1.29, 1.82) is 0 Å². The molecular weight excluding hydrogens is 396 g/mol. The summed E-state index contributed by atoms with van der Waals surface area (Å²) in [7, 11) is 0. The predicted octanol–water partition coefficient (Wildman–Crippen LogP) is 2.56. The summed E-state index contributed by atoms with van der Waals surface area (Å²) >= 11 is 5.84. The third-order valence-corrected chi connectivity index (χ3v) is 4.17. The number of hydrogen-bond donors (Lipinski definition) is 4. The number of nitrogens with one attached hydrogen (secondary N) is 2. The minimum atomic E-state index is -0.677. The number of amides is 2. The van der Waals surface area contributed by atoms with E-state index in [9.17, 15) is 9.59 Å². The highest BCUT2D eigenvalue weighted by atomic mass is 35.5. The molecule has 0 fully saturated rings. The smallest absolute Gasteiger partial charge is 0.319 e. The maximum Gasteiger partial charge on any atom is 0.319 e. The van der Waals surface area contributed by atoms with Gasteiger partial charge in [-0.1, -0.05) is 41.0 Å². The zero-order valence-corrected chi connectivity index (χ0v) is 16.6. The lowest BCUT2D eigenvalue weighted by Crippen LogP contribution is -2.47. The van der Waals surface area contributed by atoms with Crippen LogP contribution < -0.4 is 16.4 Å². The molecule has 0 aliphatic heterocycles. The van der Waals surface area contributed by atoms with E-state index >= 15 is 0 Å². The highest BCUT2D eigenvalue weighted by Gasteiger charge is 2.18. The molecule has 2 rings (SSSR count). The van der Waals surface area contributed by atoms with Crippen LogP contribution in [0.4, 0.5) is 10.5 Å². The number of rotatable bonds is 9. The Balaban J connectivity index is 2.10. The first kappa shape index (κ1) is 22.2. The Bertz CT molecular complexity index is 854. The molecule has 0 saturated heterocycles. The van der Waals surface area contributed by atoms with Crippen LogP contribution in [0.1, 0.15) is 22.8 Å². The Labute approximate surface area is 173 Å². The molecule has 0 aromatic heterocycles. The summed E-state index contributed by atoms with van der Waals surface area (Å²) < 4.78 is 0. The Kier molecular flexibility index (Phi) is 8.45. The predicted molar refractivity (Wildman–Crippen MR) is 112 cm³/mol. The number of nitrogens with two attached hydrogens (primary N) is 1. The molecule has 0 saturated carbocycles. The zero-order chi connectivity index (χ0) is 21.2. The first-order valence-electron chi connectivity index (χ1n) is 8.88. The number of Topliss-reactive ketones (excluding diaryl/α,β-unsaturated/α-hetero) is 1. The van der Waals surface area contributed by atoms with Crippen molar-refractivity contribution < 1.29 is 19.5 Å². The summed E-state index contributed by atoms with van der Waals surface area (Å²) in [6.45, 7) is 1.26. The van der Waals surface area contributed by atoms with Crippen LogP contribution in [0.5, 0.6) is 0 Å². The van der Waals surface area contributed by atoms with E-state index in [0.29, 0.717) is 22.7 Å². The average Bonchev–Trinajstić information content (AvgIpc) is 2.69. The van der Waals surface area contributed by atoms with E-state index in [1.165, 1.54) is 6.92 Å². The molecule has 0 aliphatic carbocycles. The number of amidine groups is 1. The Hall–Kier alpha value is -3.10. The Morgan fingerprint density at radius 2 is 1.83 bits per heavy atom. The molecule has 2 aromatic carbocycles. The molecule has 154 valence electrons. The summed E-state index contributed by atoms with van der Waals surface area (Å²) in [5.74, 6) is 0.00685. The van der Waals surface area contributed by atoms with Crippen molar-refractivity contribution in [2.75, 3.05) is 18.5 Å². The van der Waals surface area contributed by atoms with Gasteiger partial charge in [-0.15, -0.1) is 0 Å². The van der Waals surface area contributed by atoms with Crippen LogP contribution >= 0.6 is 11.6 Å². The molecule has 0 unspecified atom stereocenters. The minimum absolute atomic E-state index is 0.0162. The molecule has 0 bridgehead atoms. The molecule has 8 nitrogen and oxygen atoms in total. The van der Waals surface area contributed by atoms with E-state index in [4.69, 9.17) is 27.3 Å². The topological polar surface area (TPSA) is 126 Å². The van der Waals surface area contributed by atoms with Crippen LogP contribution in [-0.2, 0) is 11.3 Å². The molecule has 29 heavy (non-hydrogen) atoms. The monoisotopic (exact) mass is 418 g/mol. The lowest BCUT2D eigenvalue weighted by Gasteiger charge is -2.19. The van der Waals surface area contributed by atoms with E-state index in [1.54, 1.807) is 48.5 Å². The van der Waals surface area contributed by atoms with E-state index in [1.807, 2.05) is 0 Å². The third kappa shape index (κ3) is 7.44. The van der Waals surface area contributed by atoms with Gasteiger partial charge >= 0.3 is 6.03 Å². The van der Waals surface area contributed by atoms with Gasteiger partial charge in [-0.2, -0.15) is 0 Å². The largest absolute Gasteiger partial charge is 0.393 e. The summed E-state index contributed by atoms with van der Waals surface area (Å²) in [4.78, 5) is 28.7. The summed E-state index contributed by atoms with van der Waals surface area (Å²) in [5, 5.41) is 18.5. The van der Waals surface area contributed by atoms with Crippen molar-refractivity contribution in [1.82, 2.24) is 5.32 Å². The van der Waals surface area contributed by atoms with Gasteiger partial charge < -0.3 is 26.3 Å². The molecule has 9 heteroatoms. The number of hydrogen-bond acceptors (Lipinski definition) is 5. The molecule has 0 spiro atoms. The quantitative estimate of drug-likeness (QED) is 0.164. The summed E-state index contributed by atoms with van der Waals surface area (Å²) in [6.07, 6.45) is 0.323. The van der Waals surface area contributed by atoms with Crippen LogP contribution in [-0.4, -0.2) is 42.0 Å². The number of aliphatic hydroxyl groups is 1. The number of nitrogens with zero attached hydrogens (tertiary/aromatic N) is 1. The highest BCUT2D eigenvalue weighted by Crippen LogP contribution is 2.13. The zero-order valence-electron chi connectivity index (χ0n) is 15.9. The van der Waals surface area contributed by atoms with Gasteiger partial charge in [0.1, 0.15) is 6.61 Å². The van der Waals surface area contributed by atoms with Crippen molar-refractivity contribution in [3.63, 3.8) is 0 Å². The van der Waals surface area contributed by atoms with Gasteiger partial charge in [0.15, 0.2) is 11.6 Å². The maximum atomic E-state index is 12.4. The SMILES string of the molecule is CC(=O)c1ccc(C[C@H](NC(=O)Nc2ccc(Cl)cc2)/C(N)=N/OCCO)cc1. The van der Waals surface area contributed by atoms with Crippen LogP contribution in [0.3, 0.4) is 0 Å². The van der Waals surface area contributed by atoms with Crippen LogP contribution in [0.25, 0.3) is 0 Å². The van der Waals surface area contributed by atoms with Gasteiger partial charge in [0.25, 0.3) is 0 Å². The molecule has 5 N–H and O–H groups in total. The van der Waals surface area contributed by atoms with Crippen molar-refractivity contribution in [3.8, 4) is 0 Å². The van der Waals surface area contributed by atoms with Gasteiger partial charge in [-0.3, -0.25) is 4.79 Å². The first-order valence-corrected chi connectivity index (χ1v) is 9.26. The number of anilines is 1. The second-order valence-electron chi connectivity index (χ2n) is 6.19. The second kappa shape index (κ2) is 11.0. The molecular formula is C20H23ClN4O4. The lowest BCUT2D eigenvalue weighted by molar-refractivity contribution is 0.0975. The number of urea groups is 1. The number of carbonyl (C=O) groups is 2. The minimum Gasteiger partial charge on any atom is -0.393 e. The molecule has 0 aliphatic rings. The van der Waals surface area contributed by atoms with Gasteiger partial charge in [-0.25, -0.2) is 4.79 Å². The number of ketones is 1. The molecule has 0 radical (unpaired) electrons. The first-order chi connectivity index (χ1) is 13.9. The van der Waals surface area contributed by atoms with Crippen molar-refractivity contribution >= 4 is 34.9 Å². The van der Waals surface area contributed by atoms with Gasteiger partial charge in [0.05, 0.1) is 12.6 Å². The fourth-order valence-corrected chi connectivity index (χ4v) is 2.55.